The Morgan fingerprint density at radius 3 is 2.69 bits per heavy atom. The fourth-order valence-electron chi connectivity index (χ4n) is 3.93. The van der Waals surface area contributed by atoms with E-state index in [-0.39, 0.29) is 18.9 Å². The number of nitrogens with zero attached hydrogens (tertiary/aromatic N) is 2. The van der Waals surface area contributed by atoms with Crippen molar-refractivity contribution in [2.75, 3.05) is 25.2 Å². The SMILES string of the molecule is COc1ccccc1N1C[C@@H](C(=O)OCC(=O)NC2(C#N)CCCCC2)CC1=O. The van der Waals surface area contributed by atoms with Crippen LogP contribution in [0.25, 0.3) is 0 Å². The number of para-hydroxylation sites is 2. The van der Waals surface area contributed by atoms with Crippen molar-refractivity contribution in [2.45, 2.75) is 44.1 Å². The molecule has 1 aromatic carbocycles. The van der Waals surface area contributed by atoms with Gasteiger partial charge in [-0.3, -0.25) is 14.4 Å². The zero-order valence-electron chi connectivity index (χ0n) is 16.5. The average molecular weight is 399 g/mol. The summed E-state index contributed by atoms with van der Waals surface area (Å²) in [4.78, 5) is 38.5. The molecule has 1 aliphatic carbocycles. The predicted molar refractivity (Wildman–Crippen MR) is 104 cm³/mol. The van der Waals surface area contributed by atoms with Gasteiger partial charge in [0.1, 0.15) is 11.3 Å². The first-order chi connectivity index (χ1) is 14.0. The number of anilines is 1. The summed E-state index contributed by atoms with van der Waals surface area (Å²) in [6, 6.07) is 9.28. The maximum atomic E-state index is 12.4. The van der Waals surface area contributed by atoms with Crippen molar-refractivity contribution < 1.29 is 23.9 Å². The van der Waals surface area contributed by atoms with Crippen molar-refractivity contribution in [1.82, 2.24) is 5.32 Å². The Bertz CT molecular complexity index is 826. The Kier molecular flexibility index (Phi) is 6.37. The first-order valence-electron chi connectivity index (χ1n) is 9.80. The lowest BCUT2D eigenvalue weighted by Crippen LogP contribution is -2.50. The Labute approximate surface area is 169 Å². The van der Waals surface area contributed by atoms with Gasteiger partial charge >= 0.3 is 5.97 Å². The van der Waals surface area contributed by atoms with Crippen molar-refractivity contribution in [3.63, 3.8) is 0 Å². The number of rotatable bonds is 6. The third-order valence-corrected chi connectivity index (χ3v) is 5.48. The van der Waals surface area contributed by atoms with Crippen molar-refractivity contribution >= 4 is 23.5 Å². The van der Waals surface area contributed by atoms with Crippen LogP contribution in [0.4, 0.5) is 5.69 Å². The van der Waals surface area contributed by atoms with E-state index >= 15 is 0 Å². The number of nitriles is 1. The summed E-state index contributed by atoms with van der Waals surface area (Å²) in [5, 5.41) is 12.1. The molecule has 1 aliphatic heterocycles. The number of carbonyl (C=O) groups excluding carboxylic acids is 3. The van der Waals surface area contributed by atoms with Gasteiger partial charge in [-0.15, -0.1) is 0 Å². The molecular formula is C21H25N3O5. The van der Waals surface area contributed by atoms with Gasteiger partial charge in [0.15, 0.2) is 6.61 Å². The molecule has 1 saturated carbocycles. The molecule has 8 nitrogen and oxygen atoms in total. The molecule has 1 saturated heterocycles. The van der Waals surface area contributed by atoms with Crippen LogP contribution in [0.2, 0.25) is 0 Å². The minimum atomic E-state index is -0.869. The monoisotopic (exact) mass is 399 g/mol. The third kappa shape index (κ3) is 4.67. The number of hydrogen-bond donors (Lipinski definition) is 1. The van der Waals surface area contributed by atoms with E-state index in [0.29, 0.717) is 24.3 Å². The summed E-state index contributed by atoms with van der Waals surface area (Å²) < 4.78 is 10.4. The number of benzene rings is 1. The van der Waals surface area contributed by atoms with E-state index in [1.807, 2.05) is 0 Å². The Morgan fingerprint density at radius 2 is 2.00 bits per heavy atom. The summed E-state index contributed by atoms with van der Waals surface area (Å²) in [6.07, 6.45) is 4.04. The van der Waals surface area contributed by atoms with E-state index in [2.05, 4.69) is 11.4 Å². The van der Waals surface area contributed by atoms with Crippen LogP contribution < -0.4 is 15.0 Å². The highest BCUT2D eigenvalue weighted by Crippen LogP contribution is 2.33. The van der Waals surface area contributed by atoms with E-state index in [1.165, 1.54) is 12.0 Å². The number of carbonyl (C=O) groups is 3. The summed E-state index contributed by atoms with van der Waals surface area (Å²) in [5.41, 5.74) is -0.271. The van der Waals surface area contributed by atoms with E-state index in [1.54, 1.807) is 24.3 Å². The summed E-state index contributed by atoms with van der Waals surface area (Å²) in [6.45, 7) is -0.288. The van der Waals surface area contributed by atoms with Gasteiger partial charge in [-0.2, -0.15) is 5.26 Å². The molecular weight excluding hydrogens is 374 g/mol. The smallest absolute Gasteiger partial charge is 0.311 e. The summed E-state index contributed by atoms with van der Waals surface area (Å²) in [7, 11) is 1.52. The third-order valence-electron chi connectivity index (χ3n) is 5.48. The molecule has 2 aliphatic rings. The number of hydrogen-bond acceptors (Lipinski definition) is 6. The van der Waals surface area contributed by atoms with E-state index in [4.69, 9.17) is 9.47 Å². The number of amides is 2. The highest BCUT2D eigenvalue weighted by Gasteiger charge is 2.38. The second-order valence-electron chi connectivity index (χ2n) is 7.49. The van der Waals surface area contributed by atoms with Crippen molar-refractivity contribution in [2.24, 2.45) is 5.92 Å². The Morgan fingerprint density at radius 1 is 1.28 bits per heavy atom. The molecule has 8 heteroatoms. The zero-order chi connectivity index (χ0) is 20.9. The van der Waals surface area contributed by atoms with Crippen LogP contribution in [0.3, 0.4) is 0 Å². The number of nitrogens with one attached hydrogen (secondary N) is 1. The fraction of sp³-hybridized carbons (Fsp3) is 0.524. The molecule has 1 heterocycles. The van der Waals surface area contributed by atoms with Gasteiger partial charge in [0.2, 0.25) is 5.91 Å². The molecule has 0 aromatic heterocycles. The minimum absolute atomic E-state index is 0.0145. The first-order valence-corrected chi connectivity index (χ1v) is 9.80. The number of methoxy groups -OCH3 is 1. The van der Waals surface area contributed by atoms with Crippen molar-refractivity contribution in [3.8, 4) is 11.8 Å². The van der Waals surface area contributed by atoms with Crippen LogP contribution in [0.5, 0.6) is 5.75 Å². The van der Waals surface area contributed by atoms with Crippen LogP contribution in [-0.4, -0.2) is 43.6 Å². The highest BCUT2D eigenvalue weighted by molar-refractivity contribution is 6.00. The average Bonchev–Trinajstić information content (AvgIpc) is 3.14. The van der Waals surface area contributed by atoms with Gasteiger partial charge in [0.05, 0.1) is 24.8 Å². The quantitative estimate of drug-likeness (QED) is 0.732. The maximum Gasteiger partial charge on any atom is 0.311 e. The molecule has 2 amide bonds. The molecule has 2 fully saturated rings. The van der Waals surface area contributed by atoms with Crippen LogP contribution in [-0.2, 0) is 19.1 Å². The molecule has 0 unspecified atom stereocenters. The molecule has 1 aromatic rings. The van der Waals surface area contributed by atoms with Gasteiger partial charge in [0, 0.05) is 13.0 Å². The molecule has 1 atom stereocenters. The summed E-state index contributed by atoms with van der Waals surface area (Å²) in [5.74, 6) is -1.40. The number of ether oxygens (including phenoxy) is 2. The lowest BCUT2D eigenvalue weighted by atomic mass is 9.83. The van der Waals surface area contributed by atoms with Crippen LogP contribution in [0.15, 0.2) is 24.3 Å². The lowest BCUT2D eigenvalue weighted by Gasteiger charge is -2.31. The minimum Gasteiger partial charge on any atom is -0.495 e. The largest absolute Gasteiger partial charge is 0.495 e. The van der Waals surface area contributed by atoms with E-state index in [9.17, 15) is 19.6 Å². The first kappa shape index (κ1) is 20.6. The molecule has 3 rings (SSSR count). The Hall–Kier alpha value is -3.08. The second-order valence-corrected chi connectivity index (χ2v) is 7.49. The van der Waals surface area contributed by atoms with Gasteiger partial charge in [0.25, 0.3) is 5.91 Å². The topological polar surface area (TPSA) is 109 Å². The lowest BCUT2D eigenvalue weighted by molar-refractivity contribution is -0.152. The Balaban J connectivity index is 1.54. The van der Waals surface area contributed by atoms with E-state index in [0.717, 1.165) is 19.3 Å². The van der Waals surface area contributed by atoms with Gasteiger partial charge in [-0.25, -0.2) is 0 Å². The van der Waals surface area contributed by atoms with Gasteiger partial charge < -0.3 is 19.7 Å². The standard InChI is InChI=1S/C21H25N3O5/c1-28-17-8-4-3-7-16(17)24-12-15(11-19(24)26)20(27)29-13-18(25)23-21(14-22)9-5-2-6-10-21/h3-4,7-8,15H,2,5-6,9-13H2,1H3,(H,23,25)/t15-/m0/s1. The van der Waals surface area contributed by atoms with E-state index < -0.39 is 29.9 Å². The molecule has 154 valence electrons. The molecule has 0 bridgehead atoms. The normalized spacial score (nSPS) is 20.6. The number of esters is 1. The molecule has 0 spiro atoms. The molecule has 29 heavy (non-hydrogen) atoms. The molecule has 1 N–H and O–H groups in total. The van der Waals surface area contributed by atoms with Crippen LogP contribution in [0.1, 0.15) is 38.5 Å². The highest BCUT2D eigenvalue weighted by atomic mass is 16.5. The van der Waals surface area contributed by atoms with Crippen molar-refractivity contribution in [3.05, 3.63) is 24.3 Å². The molecule has 0 radical (unpaired) electrons. The van der Waals surface area contributed by atoms with Gasteiger partial charge in [-0.05, 0) is 25.0 Å². The van der Waals surface area contributed by atoms with Crippen molar-refractivity contribution in [1.29, 1.82) is 5.26 Å². The van der Waals surface area contributed by atoms with Gasteiger partial charge in [-0.1, -0.05) is 31.4 Å². The summed E-state index contributed by atoms with van der Waals surface area (Å²) >= 11 is 0. The fourth-order valence-corrected chi connectivity index (χ4v) is 3.93. The second kappa shape index (κ2) is 8.95. The van der Waals surface area contributed by atoms with Crippen LogP contribution >= 0.6 is 0 Å². The maximum absolute atomic E-state index is 12.4. The predicted octanol–water partition coefficient (Wildman–Crippen LogP) is 1.93. The zero-order valence-corrected chi connectivity index (χ0v) is 16.5. The van der Waals surface area contributed by atoms with Crippen LogP contribution in [0, 0.1) is 17.2 Å².